The van der Waals surface area contributed by atoms with Crippen LogP contribution in [0.4, 0.5) is 0 Å². The van der Waals surface area contributed by atoms with E-state index in [1.165, 1.54) is 0 Å². The first kappa shape index (κ1) is 24.7. The lowest BCUT2D eigenvalue weighted by molar-refractivity contribution is -0.118. The van der Waals surface area contributed by atoms with Gasteiger partial charge in [0.15, 0.2) is 11.6 Å². The number of carbonyl (C=O) groups is 2. The third-order valence-corrected chi connectivity index (χ3v) is 7.19. The van der Waals surface area contributed by atoms with Crippen LogP contribution in [0.15, 0.2) is 65.4 Å². The average molecular weight is 569 g/mol. The smallest absolute Gasteiger partial charge is 0.162 e. The van der Waals surface area contributed by atoms with Gasteiger partial charge < -0.3 is 10.1 Å². The number of unbranched alkanes of at least 4 members (excludes halogenated alkanes) is 1. The van der Waals surface area contributed by atoms with Gasteiger partial charge in [-0.2, -0.15) is 0 Å². The zero-order chi connectivity index (χ0) is 24.5. The summed E-state index contributed by atoms with van der Waals surface area (Å²) in [5, 5.41) is 3.55. The molecule has 0 radical (unpaired) electrons. The predicted octanol–water partition coefficient (Wildman–Crippen LogP) is 6.80. The Balaban J connectivity index is 1.98. The summed E-state index contributed by atoms with van der Waals surface area (Å²) in [6, 6.07) is 16.0. The van der Waals surface area contributed by atoms with Gasteiger partial charge >= 0.3 is 0 Å². The number of dihydropyridines is 1. The Morgan fingerprint density at radius 3 is 2.56 bits per heavy atom. The molecule has 0 fully saturated rings. The molecule has 4 rings (SSSR count). The molecule has 178 valence electrons. The van der Waals surface area contributed by atoms with Gasteiger partial charge in [-0.05, 0) is 71.5 Å². The second kappa shape index (κ2) is 10.1. The largest absolute Gasteiger partial charge is 0.493 e. The van der Waals surface area contributed by atoms with Crippen LogP contribution in [-0.2, 0) is 9.59 Å². The molecule has 4 nitrogen and oxygen atoms in total. The Kier molecular flexibility index (Phi) is 7.31. The lowest BCUT2D eigenvalue weighted by Gasteiger charge is -2.40. The monoisotopic (exact) mass is 569 g/mol. The summed E-state index contributed by atoms with van der Waals surface area (Å²) in [5.74, 6) is 0.349. The van der Waals surface area contributed by atoms with Gasteiger partial charge in [-0.25, -0.2) is 0 Å². The highest BCUT2D eigenvalue weighted by molar-refractivity contribution is 14.1. The number of ether oxygens (including phenoxy) is 1. The molecule has 2 aromatic rings. The lowest BCUT2D eigenvalue weighted by atomic mass is 9.67. The van der Waals surface area contributed by atoms with Gasteiger partial charge in [0, 0.05) is 38.3 Å². The van der Waals surface area contributed by atoms with E-state index in [9.17, 15) is 9.59 Å². The molecule has 1 aliphatic heterocycles. The van der Waals surface area contributed by atoms with Crippen molar-refractivity contribution < 1.29 is 14.3 Å². The first-order chi connectivity index (χ1) is 16.2. The normalized spacial score (nSPS) is 19.6. The van der Waals surface area contributed by atoms with E-state index in [0.717, 1.165) is 51.1 Å². The molecule has 0 amide bonds. The summed E-state index contributed by atoms with van der Waals surface area (Å²) in [4.78, 5) is 26.9. The molecule has 0 saturated carbocycles. The molecule has 5 heteroatoms. The molecule has 0 spiro atoms. The molecule has 34 heavy (non-hydrogen) atoms. The molecule has 2 aromatic carbocycles. The van der Waals surface area contributed by atoms with Crippen molar-refractivity contribution in [1.29, 1.82) is 0 Å². The minimum absolute atomic E-state index is 0.0427. The number of nitrogens with one attached hydrogen (secondary N) is 1. The van der Waals surface area contributed by atoms with E-state index in [4.69, 9.17) is 4.74 Å². The summed E-state index contributed by atoms with van der Waals surface area (Å²) < 4.78 is 7.26. The summed E-state index contributed by atoms with van der Waals surface area (Å²) >= 11 is 2.29. The zero-order valence-electron chi connectivity index (χ0n) is 20.3. The van der Waals surface area contributed by atoms with Gasteiger partial charge in [0.05, 0.1) is 12.3 Å². The standard InChI is InChI=1S/C29H32INO3/c1-5-6-14-34-24-13-12-20(30)15-21(24)26-25(18(2)32)28(19-10-8-7-9-11-19)31-22-16-29(3,4)17-23(33)27(22)26/h7-13,15,26,31H,5-6,14,16-17H2,1-4H3/t26-/m1/s1. The summed E-state index contributed by atoms with van der Waals surface area (Å²) in [6.45, 7) is 8.59. The fraction of sp³-hybridized carbons (Fsp3) is 0.379. The molecule has 0 aromatic heterocycles. The van der Waals surface area contributed by atoms with Crippen LogP contribution < -0.4 is 10.1 Å². The second-order valence-electron chi connectivity index (χ2n) is 9.99. The van der Waals surface area contributed by atoms with Crippen LogP contribution in [0.1, 0.15) is 70.4 Å². The summed E-state index contributed by atoms with van der Waals surface area (Å²) in [6.07, 6.45) is 3.20. The number of rotatable bonds is 7. The van der Waals surface area contributed by atoms with E-state index in [1.807, 2.05) is 42.5 Å². The van der Waals surface area contributed by atoms with Crippen molar-refractivity contribution in [2.24, 2.45) is 5.41 Å². The maximum Gasteiger partial charge on any atom is 0.162 e. The molecule has 1 heterocycles. The van der Waals surface area contributed by atoms with E-state index < -0.39 is 5.92 Å². The van der Waals surface area contributed by atoms with Crippen molar-refractivity contribution in [3.63, 3.8) is 0 Å². The van der Waals surface area contributed by atoms with Crippen molar-refractivity contribution in [2.75, 3.05) is 6.61 Å². The van der Waals surface area contributed by atoms with Gasteiger partial charge in [-0.15, -0.1) is 0 Å². The fourth-order valence-corrected chi connectivity index (χ4v) is 5.53. The third kappa shape index (κ3) is 4.99. The van der Waals surface area contributed by atoms with E-state index in [-0.39, 0.29) is 17.0 Å². The van der Waals surface area contributed by atoms with Gasteiger partial charge in [0.1, 0.15) is 5.75 Å². The Morgan fingerprint density at radius 1 is 1.15 bits per heavy atom. The van der Waals surface area contributed by atoms with Crippen LogP contribution >= 0.6 is 22.6 Å². The van der Waals surface area contributed by atoms with Gasteiger partial charge in [0.25, 0.3) is 0 Å². The van der Waals surface area contributed by atoms with Crippen LogP contribution in [0.25, 0.3) is 5.70 Å². The highest BCUT2D eigenvalue weighted by atomic mass is 127. The van der Waals surface area contributed by atoms with Crippen molar-refractivity contribution in [2.45, 2.75) is 59.3 Å². The van der Waals surface area contributed by atoms with Gasteiger partial charge in [0.2, 0.25) is 0 Å². The fourth-order valence-electron chi connectivity index (χ4n) is 5.01. The Hall–Kier alpha value is -2.41. The predicted molar refractivity (Wildman–Crippen MR) is 145 cm³/mol. The molecule has 1 aliphatic carbocycles. The number of halogens is 1. The topological polar surface area (TPSA) is 55.4 Å². The third-order valence-electron chi connectivity index (χ3n) is 6.52. The number of hydrogen-bond acceptors (Lipinski definition) is 4. The molecule has 2 aliphatic rings. The summed E-state index contributed by atoms with van der Waals surface area (Å²) in [7, 11) is 0. The van der Waals surface area contributed by atoms with Gasteiger partial charge in [-0.3, -0.25) is 9.59 Å². The number of Topliss-reactive ketones (excluding diaryl/α,β-unsaturated/α-hetero) is 2. The number of ketones is 2. The molecule has 0 bridgehead atoms. The highest BCUT2D eigenvalue weighted by Gasteiger charge is 2.43. The van der Waals surface area contributed by atoms with E-state index >= 15 is 0 Å². The maximum atomic E-state index is 13.6. The molecule has 0 unspecified atom stereocenters. The Bertz CT molecular complexity index is 1180. The van der Waals surface area contributed by atoms with Crippen LogP contribution in [0.5, 0.6) is 5.75 Å². The SMILES string of the molecule is CCCCOc1ccc(I)cc1[C@H]1C2=C(CC(C)(C)CC2=O)NC(c2ccccc2)=C1C(C)=O. The van der Waals surface area contributed by atoms with E-state index in [0.29, 0.717) is 24.2 Å². The minimum Gasteiger partial charge on any atom is -0.493 e. The van der Waals surface area contributed by atoms with Crippen LogP contribution in [0.2, 0.25) is 0 Å². The first-order valence-electron chi connectivity index (χ1n) is 12.0. The maximum absolute atomic E-state index is 13.6. The molecule has 1 N–H and O–H groups in total. The molecular formula is C29H32INO3. The van der Waals surface area contributed by atoms with Crippen molar-refractivity contribution in [3.05, 3.63) is 80.1 Å². The van der Waals surface area contributed by atoms with E-state index in [1.54, 1.807) is 6.92 Å². The van der Waals surface area contributed by atoms with Crippen molar-refractivity contribution in [1.82, 2.24) is 5.32 Å². The highest BCUT2D eigenvalue weighted by Crippen LogP contribution is 2.50. The van der Waals surface area contributed by atoms with Crippen LogP contribution in [-0.4, -0.2) is 18.2 Å². The zero-order valence-corrected chi connectivity index (χ0v) is 22.5. The average Bonchev–Trinajstić information content (AvgIpc) is 2.78. The minimum atomic E-state index is -0.459. The lowest BCUT2D eigenvalue weighted by Crippen LogP contribution is -2.38. The molecule has 1 atom stereocenters. The van der Waals surface area contributed by atoms with Crippen LogP contribution in [0, 0.1) is 8.99 Å². The molecule has 0 saturated heterocycles. The Labute approximate surface area is 216 Å². The number of hydrogen-bond donors (Lipinski definition) is 1. The quantitative estimate of drug-likeness (QED) is 0.295. The van der Waals surface area contributed by atoms with E-state index in [2.05, 4.69) is 54.7 Å². The number of carbonyl (C=O) groups excluding carboxylic acids is 2. The van der Waals surface area contributed by atoms with Crippen molar-refractivity contribution in [3.8, 4) is 5.75 Å². The van der Waals surface area contributed by atoms with Crippen LogP contribution in [0.3, 0.4) is 0 Å². The van der Waals surface area contributed by atoms with Crippen molar-refractivity contribution >= 4 is 39.9 Å². The van der Waals surface area contributed by atoms with Gasteiger partial charge in [-0.1, -0.05) is 57.5 Å². The summed E-state index contributed by atoms with van der Waals surface area (Å²) in [5.41, 5.74) is 4.75. The molecular weight excluding hydrogens is 537 g/mol. The second-order valence-corrected chi connectivity index (χ2v) is 11.2. The Morgan fingerprint density at radius 2 is 1.88 bits per heavy atom. The number of allylic oxidation sites excluding steroid dienone is 3. The first-order valence-corrected chi connectivity index (χ1v) is 13.1. The number of benzene rings is 2.